The van der Waals surface area contributed by atoms with E-state index in [9.17, 15) is 24.5 Å². The quantitative estimate of drug-likeness (QED) is 0.397. The smallest absolute Gasteiger partial charge is 0.434 e. The Morgan fingerprint density at radius 3 is 2.29 bits per heavy atom. The Bertz CT molecular complexity index is 1280. The summed E-state index contributed by atoms with van der Waals surface area (Å²) in [5, 5.41) is 21.6. The van der Waals surface area contributed by atoms with Crippen LogP contribution < -0.4 is 4.74 Å². The number of carbonyl (C=O) groups excluding carboxylic acids is 1. The number of hydrogen-bond donors (Lipinski definition) is 1. The average Bonchev–Trinajstić information content (AvgIpc) is 3.13. The number of rotatable bonds is 7. The van der Waals surface area contributed by atoms with Crippen LogP contribution in [-0.4, -0.2) is 47.2 Å². The van der Waals surface area contributed by atoms with Gasteiger partial charge in [-0.1, -0.05) is 62.2 Å². The van der Waals surface area contributed by atoms with Crippen LogP contribution in [0.25, 0.3) is 0 Å². The molecule has 0 amide bonds. The zero-order chi connectivity index (χ0) is 28.6. The first-order valence-electron chi connectivity index (χ1n) is 11.4. The summed E-state index contributed by atoms with van der Waals surface area (Å²) in [4.78, 5) is 27.8. The predicted octanol–water partition coefficient (Wildman–Crippen LogP) is 6.14. The molecule has 2 aromatic carbocycles. The van der Waals surface area contributed by atoms with Crippen molar-refractivity contribution in [1.82, 2.24) is 4.90 Å². The van der Waals surface area contributed by atoms with Gasteiger partial charge in [-0.2, -0.15) is 14.0 Å². The molecular weight excluding hydrogens is 548 g/mol. The highest BCUT2D eigenvalue weighted by Crippen LogP contribution is 2.59. The van der Waals surface area contributed by atoms with Crippen molar-refractivity contribution in [2.75, 3.05) is 7.11 Å². The molecule has 1 saturated heterocycles. The minimum atomic E-state index is -4.77. The molecule has 0 bridgehead atoms. The number of ether oxygens (including phenoxy) is 1. The van der Waals surface area contributed by atoms with Gasteiger partial charge in [-0.25, -0.2) is 14.6 Å². The lowest BCUT2D eigenvalue weighted by Gasteiger charge is -2.40. The van der Waals surface area contributed by atoms with Crippen molar-refractivity contribution in [3.8, 4) is 11.8 Å². The van der Waals surface area contributed by atoms with Crippen LogP contribution in [0.1, 0.15) is 44.2 Å². The van der Waals surface area contributed by atoms with Gasteiger partial charge in [0.2, 0.25) is 0 Å². The van der Waals surface area contributed by atoms with E-state index >= 15 is 8.78 Å². The molecule has 0 saturated carbocycles. The Kier molecular flexibility index (Phi) is 8.27. The summed E-state index contributed by atoms with van der Waals surface area (Å²) in [7, 11) is 1.28. The molecular formula is C26H25Cl2F3N2O5. The van der Waals surface area contributed by atoms with Gasteiger partial charge < -0.3 is 9.84 Å². The van der Waals surface area contributed by atoms with Gasteiger partial charge in [0.25, 0.3) is 0 Å². The summed E-state index contributed by atoms with van der Waals surface area (Å²) in [5.41, 5.74) is -2.68. The van der Waals surface area contributed by atoms with Crippen LogP contribution in [0.5, 0.6) is 5.75 Å². The van der Waals surface area contributed by atoms with Gasteiger partial charge in [0.05, 0.1) is 13.2 Å². The third kappa shape index (κ3) is 5.03. The van der Waals surface area contributed by atoms with Crippen molar-refractivity contribution >= 4 is 35.1 Å². The monoisotopic (exact) mass is 572 g/mol. The Morgan fingerprint density at radius 2 is 1.79 bits per heavy atom. The lowest BCUT2D eigenvalue weighted by molar-refractivity contribution is -0.245. The molecule has 0 aromatic heterocycles. The first-order chi connectivity index (χ1) is 17.6. The molecule has 4 atom stereocenters. The number of likely N-dealkylation sites (tertiary alicyclic amines) is 1. The van der Waals surface area contributed by atoms with E-state index in [-0.39, 0.29) is 38.2 Å². The Balaban J connectivity index is 2.56. The Hall–Kier alpha value is -3.00. The number of carboxylic acid groups (broad SMARTS) is 1. The summed E-state index contributed by atoms with van der Waals surface area (Å²) in [6, 6.07) is 3.44. The minimum absolute atomic E-state index is 0.0346. The van der Waals surface area contributed by atoms with E-state index in [0.29, 0.717) is 0 Å². The molecule has 2 aromatic rings. The zero-order valence-corrected chi connectivity index (χ0v) is 22.4. The molecule has 0 aliphatic carbocycles. The number of methoxy groups -OCH3 is 1. The van der Waals surface area contributed by atoms with Crippen molar-refractivity contribution in [3.63, 3.8) is 0 Å². The van der Waals surface area contributed by atoms with E-state index < -0.39 is 46.8 Å². The van der Waals surface area contributed by atoms with E-state index in [1.54, 1.807) is 20.8 Å². The predicted molar refractivity (Wildman–Crippen MR) is 133 cm³/mol. The third-order valence-electron chi connectivity index (χ3n) is 6.67. The topological polar surface area (TPSA) is 99.9 Å². The van der Waals surface area contributed by atoms with E-state index in [2.05, 4.69) is 11.0 Å². The second-order valence-corrected chi connectivity index (χ2v) is 11.1. The largest absolute Gasteiger partial charge is 0.496 e. The summed E-state index contributed by atoms with van der Waals surface area (Å²) in [6.07, 6.45) is -0.220. The molecule has 0 unspecified atom stereocenters. The molecule has 1 fully saturated rings. The van der Waals surface area contributed by atoms with E-state index in [1.807, 2.05) is 0 Å². The molecule has 0 radical (unpaired) electrons. The number of hydrogen-bond acceptors (Lipinski definition) is 6. The molecule has 1 heterocycles. The SMILES string of the molecule is COc1cc(Cl)ccc1[C@@]1(C#N)[C@H](CC(C)(C)C)N(C(F)(F)C(=O)OF)[C@H](C(=O)O)[C@@H]1c1cccc(Cl)c1. The van der Waals surface area contributed by atoms with Crippen LogP contribution in [0.2, 0.25) is 10.0 Å². The number of benzene rings is 2. The first-order valence-corrected chi connectivity index (χ1v) is 12.1. The average molecular weight is 573 g/mol. The molecule has 1 N–H and O–H groups in total. The Labute approximate surface area is 227 Å². The number of carboxylic acids is 1. The Morgan fingerprint density at radius 1 is 1.16 bits per heavy atom. The standard InChI is InChI=1S/C26H25Cl2F3N2O5/c1-24(2,3)12-19-25(13-32,17-9-8-16(28)11-18(17)37-4)20(14-6-5-7-15(27)10-14)21(22(34)35)33(19)26(29,30)23(36)38-31/h5-11,19-21H,12H2,1-4H3,(H,34,35)/t19-,20-,21-,25-/m0/s1. The summed E-state index contributed by atoms with van der Waals surface area (Å²) >= 11 is 12.3. The third-order valence-corrected chi connectivity index (χ3v) is 7.14. The van der Waals surface area contributed by atoms with Gasteiger partial charge in [0.15, 0.2) is 0 Å². The van der Waals surface area contributed by atoms with Crippen LogP contribution in [0.3, 0.4) is 0 Å². The number of halogens is 5. The number of alkyl halides is 2. The molecule has 38 heavy (non-hydrogen) atoms. The van der Waals surface area contributed by atoms with Crippen molar-refractivity contribution in [2.24, 2.45) is 5.41 Å². The molecule has 0 spiro atoms. The number of aliphatic carboxylic acids is 1. The van der Waals surface area contributed by atoms with Crippen molar-refractivity contribution in [3.05, 3.63) is 63.6 Å². The van der Waals surface area contributed by atoms with Crippen molar-refractivity contribution < 1.29 is 37.7 Å². The van der Waals surface area contributed by atoms with Crippen LogP contribution in [0.15, 0.2) is 42.5 Å². The summed E-state index contributed by atoms with van der Waals surface area (Å²) < 4.78 is 49.9. The zero-order valence-electron chi connectivity index (χ0n) is 20.8. The maximum absolute atomic E-state index is 15.7. The van der Waals surface area contributed by atoms with Gasteiger partial charge in [-0.05, 0) is 41.7 Å². The lowest BCUT2D eigenvalue weighted by Crippen LogP contribution is -2.58. The number of nitriles is 1. The molecule has 1 aliphatic heterocycles. The van der Waals surface area contributed by atoms with E-state index in [1.165, 1.54) is 49.6 Å². The maximum atomic E-state index is 15.7. The molecule has 12 heteroatoms. The lowest BCUT2D eigenvalue weighted by atomic mass is 9.62. The highest BCUT2D eigenvalue weighted by Gasteiger charge is 2.71. The summed E-state index contributed by atoms with van der Waals surface area (Å²) in [6.45, 7) is 5.08. The van der Waals surface area contributed by atoms with E-state index in [0.717, 1.165) is 0 Å². The maximum Gasteiger partial charge on any atom is 0.434 e. The number of nitrogens with zero attached hydrogens (tertiary/aromatic N) is 2. The first kappa shape index (κ1) is 29.6. The van der Waals surface area contributed by atoms with Crippen molar-refractivity contribution in [1.29, 1.82) is 5.26 Å². The fraction of sp³-hybridized carbons (Fsp3) is 0.423. The van der Waals surface area contributed by atoms with Gasteiger partial charge >= 0.3 is 18.0 Å². The fourth-order valence-corrected chi connectivity index (χ4v) is 5.72. The van der Waals surface area contributed by atoms with Crippen LogP contribution in [0.4, 0.5) is 13.3 Å². The second-order valence-electron chi connectivity index (χ2n) is 10.2. The molecule has 204 valence electrons. The van der Waals surface area contributed by atoms with Gasteiger partial charge in [0.1, 0.15) is 17.2 Å². The van der Waals surface area contributed by atoms with Gasteiger partial charge in [0, 0.05) is 32.1 Å². The van der Waals surface area contributed by atoms with Gasteiger partial charge in [-0.3, -0.25) is 4.79 Å². The molecule has 7 nitrogen and oxygen atoms in total. The highest BCUT2D eigenvalue weighted by atomic mass is 35.5. The molecule has 3 rings (SSSR count). The van der Waals surface area contributed by atoms with Crippen LogP contribution in [0, 0.1) is 16.7 Å². The van der Waals surface area contributed by atoms with Gasteiger partial charge in [-0.15, -0.1) is 0 Å². The normalized spacial score (nSPS) is 24.1. The van der Waals surface area contributed by atoms with Crippen LogP contribution >= 0.6 is 23.2 Å². The number of carbonyl (C=O) groups is 2. The second kappa shape index (κ2) is 10.6. The van der Waals surface area contributed by atoms with Crippen LogP contribution in [-0.2, 0) is 19.9 Å². The van der Waals surface area contributed by atoms with Crippen molar-refractivity contribution in [2.45, 2.75) is 56.7 Å². The minimum Gasteiger partial charge on any atom is -0.496 e. The molecule has 1 aliphatic rings. The van der Waals surface area contributed by atoms with E-state index in [4.69, 9.17) is 27.9 Å². The fourth-order valence-electron chi connectivity index (χ4n) is 5.36. The highest BCUT2D eigenvalue weighted by molar-refractivity contribution is 6.31. The summed E-state index contributed by atoms with van der Waals surface area (Å²) in [5.74, 6) is -5.88.